The summed E-state index contributed by atoms with van der Waals surface area (Å²) in [4.78, 5) is 18.7. The van der Waals surface area contributed by atoms with E-state index < -0.39 is 34.9 Å². The van der Waals surface area contributed by atoms with Gasteiger partial charge in [0.25, 0.3) is 5.56 Å². The first-order valence-corrected chi connectivity index (χ1v) is 12.7. The van der Waals surface area contributed by atoms with Gasteiger partial charge < -0.3 is 5.11 Å². The van der Waals surface area contributed by atoms with Gasteiger partial charge in [0.2, 0.25) is 5.01 Å². The van der Waals surface area contributed by atoms with E-state index in [9.17, 15) is 31.9 Å². The highest BCUT2D eigenvalue weighted by Crippen LogP contribution is 2.46. The topological polar surface area (TPSA) is 80.9 Å². The zero-order valence-corrected chi connectivity index (χ0v) is 20.5. The second-order valence-corrected chi connectivity index (χ2v) is 10.9. The molecule has 1 saturated carbocycles. The van der Waals surface area contributed by atoms with E-state index in [2.05, 4.69) is 15.2 Å². The lowest BCUT2D eigenvalue weighted by Crippen LogP contribution is -2.24. The Morgan fingerprint density at radius 1 is 1.11 bits per heavy atom. The maximum atomic E-state index is 14.4. The van der Waals surface area contributed by atoms with Crippen LogP contribution in [0, 0.1) is 18.6 Å². The molecule has 190 valence electrons. The van der Waals surface area contributed by atoms with E-state index in [0.717, 1.165) is 40.9 Å². The second kappa shape index (κ2) is 8.28. The molecule has 13 heteroatoms. The smallest absolute Gasteiger partial charge is 0.445 e. The first kappa shape index (κ1) is 23.9. The molecular formula is C24H15F5N4O2S2. The molecule has 1 aliphatic carbocycles. The van der Waals surface area contributed by atoms with Crippen molar-refractivity contribution in [1.29, 1.82) is 0 Å². The van der Waals surface area contributed by atoms with E-state index >= 15 is 0 Å². The van der Waals surface area contributed by atoms with Crippen LogP contribution >= 0.6 is 22.7 Å². The van der Waals surface area contributed by atoms with Crippen molar-refractivity contribution in [3.8, 4) is 17.1 Å². The van der Waals surface area contributed by atoms with Gasteiger partial charge in [-0.05, 0) is 48.9 Å². The molecule has 0 unspecified atom stereocenters. The molecule has 0 atom stereocenters. The van der Waals surface area contributed by atoms with Gasteiger partial charge in [0, 0.05) is 10.9 Å². The summed E-state index contributed by atoms with van der Waals surface area (Å²) < 4.78 is 69.5. The molecule has 0 saturated heterocycles. The number of aromatic nitrogens is 4. The van der Waals surface area contributed by atoms with Gasteiger partial charge in [0.1, 0.15) is 21.4 Å². The minimum Gasteiger partial charge on any atom is -0.506 e. The first-order valence-electron chi connectivity index (χ1n) is 11.1. The third kappa shape index (κ3) is 3.96. The first-order chi connectivity index (χ1) is 17.5. The number of phenols is 1. The SMILES string of the molecule is Cc1ccc2c(sc3nc(-c4cc(F)c(F)cc4C4CC4)n(Cc4nnc(C(F)(F)F)s4)c(=O)c32)c1O. The molecule has 1 N–H and O–H groups in total. The molecular weight excluding hydrogens is 535 g/mol. The maximum Gasteiger partial charge on any atom is 0.445 e. The number of aryl methyl sites for hydroxylation is 1. The van der Waals surface area contributed by atoms with Crippen LogP contribution in [0.4, 0.5) is 22.0 Å². The Morgan fingerprint density at radius 2 is 1.84 bits per heavy atom. The van der Waals surface area contributed by atoms with Crippen molar-refractivity contribution < 1.29 is 27.1 Å². The number of halogens is 5. The molecule has 0 radical (unpaired) electrons. The fourth-order valence-corrected chi connectivity index (χ4v) is 6.17. The standard InChI is InChI=1S/C24H15F5N4O2S2/c1-9-2-5-11-17-21(37-19(11)18(9)34)30-20(13-7-15(26)14(25)6-12(13)10-3-4-10)33(22(17)35)8-16-31-32-23(36-16)24(27,28)29/h2,5-7,10,34H,3-4,8H2,1H3. The van der Waals surface area contributed by atoms with Crippen molar-refractivity contribution in [2.24, 2.45) is 0 Å². The number of hydrogen-bond donors (Lipinski definition) is 1. The summed E-state index contributed by atoms with van der Waals surface area (Å²) in [5.74, 6) is -2.27. The van der Waals surface area contributed by atoms with Crippen LogP contribution in [-0.4, -0.2) is 24.9 Å². The van der Waals surface area contributed by atoms with E-state index in [1.165, 1.54) is 0 Å². The number of aromatic hydroxyl groups is 1. The van der Waals surface area contributed by atoms with Crippen LogP contribution in [0.25, 0.3) is 31.7 Å². The van der Waals surface area contributed by atoms with E-state index in [0.29, 0.717) is 21.2 Å². The zero-order chi connectivity index (χ0) is 26.2. The summed E-state index contributed by atoms with van der Waals surface area (Å²) >= 11 is 1.35. The Morgan fingerprint density at radius 3 is 2.51 bits per heavy atom. The molecule has 0 amide bonds. The number of thiophene rings is 1. The van der Waals surface area contributed by atoms with Crippen LogP contribution in [0.3, 0.4) is 0 Å². The minimum absolute atomic E-state index is 0.0153. The van der Waals surface area contributed by atoms with Crippen molar-refractivity contribution in [3.05, 3.63) is 67.4 Å². The van der Waals surface area contributed by atoms with Gasteiger partial charge in [-0.1, -0.05) is 23.5 Å². The number of fused-ring (bicyclic) bond motifs is 3. The molecule has 3 heterocycles. The predicted molar refractivity (Wildman–Crippen MR) is 129 cm³/mol. The molecule has 1 fully saturated rings. The van der Waals surface area contributed by atoms with Gasteiger partial charge in [0.05, 0.1) is 16.6 Å². The molecule has 3 aromatic heterocycles. The summed E-state index contributed by atoms with van der Waals surface area (Å²) in [6.07, 6.45) is -3.22. The Kier molecular flexibility index (Phi) is 5.35. The lowest BCUT2D eigenvalue weighted by molar-refractivity contribution is -0.138. The molecule has 6 rings (SSSR count). The summed E-state index contributed by atoms with van der Waals surface area (Å²) in [6.45, 7) is 1.29. The number of phenolic OH excluding ortho intramolecular Hbond substituents is 1. The monoisotopic (exact) mass is 550 g/mol. The molecule has 1 aliphatic rings. The van der Waals surface area contributed by atoms with Crippen LogP contribution in [0.1, 0.15) is 39.9 Å². The molecule has 6 nitrogen and oxygen atoms in total. The van der Waals surface area contributed by atoms with Crippen LogP contribution in [0.5, 0.6) is 5.75 Å². The van der Waals surface area contributed by atoms with Crippen molar-refractivity contribution in [3.63, 3.8) is 0 Å². The maximum absolute atomic E-state index is 14.4. The van der Waals surface area contributed by atoms with E-state index in [4.69, 9.17) is 0 Å². The van der Waals surface area contributed by atoms with Crippen molar-refractivity contribution in [2.75, 3.05) is 0 Å². The van der Waals surface area contributed by atoms with Crippen molar-refractivity contribution >= 4 is 43.0 Å². The fourth-order valence-electron chi connectivity index (χ4n) is 4.31. The van der Waals surface area contributed by atoms with Crippen LogP contribution in [-0.2, 0) is 12.7 Å². The molecule has 0 bridgehead atoms. The highest BCUT2D eigenvalue weighted by Gasteiger charge is 2.36. The summed E-state index contributed by atoms with van der Waals surface area (Å²) in [5.41, 5.74) is 0.625. The number of alkyl halides is 3. The molecule has 2 aromatic carbocycles. The van der Waals surface area contributed by atoms with Gasteiger partial charge in [-0.2, -0.15) is 13.2 Å². The third-order valence-electron chi connectivity index (χ3n) is 6.29. The van der Waals surface area contributed by atoms with Crippen LogP contribution in [0.2, 0.25) is 0 Å². The van der Waals surface area contributed by atoms with Gasteiger partial charge in [-0.15, -0.1) is 21.5 Å². The Balaban J connectivity index is 1.65. The minimum atomic E-state index is -4.70. The summed E-state index contributed by atoms with van der Waals surface area (Å²) in [5, 5.41) is 16.7. The number of rotatable bonds is 4. The van der Waals surface area contributed by atoms with Crippen molar-refractivity contribution in [2.45, 2.75) is 38.4 Å². The van der Waals surface area contributed by atoms with Crippen molar-refractivity contribution in [1.82, 2.24) is 19.7 Å². The highest BCUT2D eigenvalue weighted by molar-refractivity contribution is 7.25. The van der Waals surface area contributed by atoms with E-state index in [-0.39, 0.29) is 49.6 Å². The Bertz CT molecular complexity index is 1790. The van der Waals surface area contributed by atoms with Gasteiger partial charge in [-0.25, -0.2) is 13.8 Å². The Labute approximate surface area is 212 Å². The number of hydrogen-bond acceptors (Lipinski definition) is 7. The number of nitrogens with zero attached hydrogens (tertiary/aromatic N) is 4. The van der Waals surface area contributed by atoms with Crippen LogP contribution < -0.4 is 5.56 Å². The summed E-state index contributed by atoms with van der Waals surface area (Å²) in [7, 11) is 0. The lowest BCUT2D eigenvalue weighted by atomic mass is 10.0. The fraction of sp³-hybridized carbons (Fsp3) is 0.250. The zero-order valence-electron chi connectivity index (χ0n) is 18.9. The normalized spacial score (nSPS) is 14.2. The third-order valence-corrected chi connectivity index (χ3v) is 8.35. The molecule has 5 aromatic rings. The lowest BCUT2D eigenvalue weighted by Gasteiger charge is -2.15. The van der Waals surface area contributed by atoms with E-state index in [1.807, 2.05) is 0 Å². The summed E-state index contributed by atoms with van der Waals surface area (Å²) in [6, 6.07) is 5.34. The molecule has 0 spiro atoms. The van der Waals surface area contributed by atoms with Gasteiger partial charge in [0.15, 0.2) is 11.6 Å². The number of benzene rings is 2. The highest BCUT2D eigenvalue weighted by atomic mass is 32.1. The van der Waals surface area contributed by atoms with E-state index in [1.54, 1.807) is 19.1 Å². The molecule has 37 heavy (non-hydrogen) atoms. The van der Waals surface area contributed by atoms with Crippen LogP contribution in [0.15, 0.2) is 29.1 Å². The predicted octanol–water partition coefficient (Wildman–Crippen LogP) is 6.37. The molecule has 0 aliphatic heterocycles. The second-order valence-electron chi connectivity index (χ2n) is 8.84. The average Bonchev–Trinajstić information content (AvgIpc) is 3.44. The Hall–Kier alpha value is -3.45. The van der Waals surface area contributed by atoms with Gasteiger partial charge >= 0.3 is 6.18 Å². The quantitative estimate of drug-likeness (QED) is 0.263. The van der Waals surface area contributed by atoms with Gasteiger partial charge in [-0.3, -0.25) is 9.36 Å². The largest absolute Gasteiger partial charge is 0.506 e. The average molecular weight is 551 g/mol.